The molecule has 7 heteroatoms. The summed E-state index contributed by atoms with van der Waals surface area (Å²) in [6, 6.07) is 6.72. The average molecular weight is 423 g/mol. The van der Waals surface area contributed by atoms with Gasteiger partial charge in [-0.3, -0.25) is 9.58 Å². The molecule has 31 heavy (non-hydrogen) atoms. The van der Waals surface area contributed by atoms with Gasteiger partial charge >= 0.3 is 0 Å². The van der Waals surface area contributed by atoms with E-state index in [-0.39, 0.29) is 5.82 Å². The summed E-state index contributed by atoms with van der Waals surface area (Å²) in [6.45, 7) is 8.11. The topological polar surface area (TPSA) is 50.1 Å². The Labute approximate surface area is 183 Å². The molecule has 4 rings (SSSR count). The summed E-state index contributed by atoms with van der Waals surface area (Å²) in [6.07, 6.45) is 5.89. The summed E-state index contributed by atoms with van der Waals surface area (Å²) >= 11 is 0. The Balaban J connectivity index is 1.54. The predicted octanol–water partition coefficient (Wildman–Crippen LogP) is 4.25. The van der Waals surface area contributed by atoms with Gasteiger partial charge < -0.3 is 4.90 Å². The first-order chi connectivity index (χ1) is 15.0. The van der Waals surface area contributed by atoms with Gasteiger partial charge in [0.15, 0.2) is 0 Å². The summed E-state index contributed by atoms with van der Waals surface area (Å²) in [5.74, 6) is 0.786. The molecule has 6 nitrogen and oxygen atoms in total. The third kappa shape index (κ3) is 4.61. The van der Waals surface area contributed by atoms with E-state index in [1.54, 1.807) is 12.1 Å². The molecule has 1 fully saturated rings. The van der Waals surface area contributed by atoms with Gasteiger partial charge in [-0.05, 0) is 57.5 Å². The molecule has 0 radical (unpaired) electrons. The van der Waals surface area contributed by atoms with Crippen LogP contribution in [0.4, 0.5) is 10.3 Å². The fourth-order valence-corrected chi connectivity index (χ4v) is 4.35. The quantitative estimate of drug-likeness (QED) is 0.594. The molecule has 3 heterocycles. The molecular weight excluding hydrogens is 391 g/mol. The summed E-state index contributed by atoms with van der Waals surface area (Å²) in [5.41, 5.74) is 5.36. The number of likely N-dealkylation sites (tertiary alicyclic amines) is 1. The van der Waals surface area contributed by atoms with Crippen molar-refractivity contribution in [2.45, 2.75) is 45.7 Å². The molecule has 0 spiro atoms. The van der Waals surface area contributed by atoms with Gasteiger partial charge in [-0.1, -0.05) is 12.1 Å². The van der Waals surface area contributed by atoms with Crippen molar-refractivity contribution in [2.75, 3.05) is 32.1 Å². The minimum absolute atomic E-state index is 0.238. The van der Waals surface area contributed by atoms with E-state index < -0.39 is 0 Å². The van der Waals surface area contributed by atoms with E-state index in [2.05, 4.69) is 33.5 Å². The van der Waals surface area contributed by atoms with Gasteiger partial charge in [0.25, 0.3) is 0 Å². The minimum atomic E-state index is -0.238. The second-order valence-corrected chi connectivity index (χ2v) is 8.50. The fraction of sp³-hybridized carbons (Fsp3) is 0.458. The van der Waals surface area contributed by atoms with Crippen LogP contribution in [0.5, 0.6) is 0 Å². The highest BCUT2D eigenvalue weighted by Crippen LogP contribution is 2.35. The molecule has 1 saturated heterocycles. The lowest BCUT2D eigenvalue weighted by Gasteiger charge is -2.32. The molecule has 1 aliphatic rings. The van der Waals surface area contributed by atoms with E-state index >= 15 is 0 Å². The van der Waals surface area contributed by atoms with E-state index in [0.717, 1.165) is 55.8 Å². The van der Waals surface area contributed by atoms with Crippen molar-refractivity contribution >= 4 is 5.95 Å². The Morgan fingerprint density at radius 3 is 2.58 bits per heavy atom. The summed E-state index contributed by atoms with van der Waals surface area (Å²) < 4.78 is 15.9. The Morgan fingerprint density at radius 1 is 1.16 bits per heavy atom. The van der Waals surface area contributed by atoms with Crippen molar-refractivity contribution in [3.63, 3.8) is 0 Å². The Morgan fingerprint density at radius 2 is 1.94 bits per heavy atom. The maximum atomic E-state index is 13.9. The van der Waals surface area contributed by atoms with Crippen molar-refractivity contribution in [3.8, 4) is 11.1 Å². The molecule has 164 valence electrons. The molecule has 0 atom stereocenters. The van der Waals surface area contributed by atoms with Crippen molar-refractivity contribution in [1.29, 1.82) is 0 Å². The Hall–Kier alpha value is -2.80. The van der Waals surface area contributed by atoms with Gasteiger partial charge in [-0.15, -0.1) is 0 Å². The van der Waals surface area contributed by atoms with Crippen LogP contribution < -0.4 is 4.90 Å². The first-order valence-corrected chi connectivity index (χ1v) is 11.0. The number of anilines is 1. The fourth-order valence-electron chi connectivity index (χ4n) is 4.35. The van der Waals surface area contributed by atoms with E-state index in [0.29, 0.717) is 11.9 Å². The van der Waals surface area contributed by atoms with Gasteiger partial charge in [0.2, 0.25) is 5.95 Å². The smallest absolute Gasteiger partial charge is 0.225 e. The van der Waals surface area contributed by atoms with E-state index in [9.17, 15) is 4.39 Å². The molecule has 0 unspecified atom stereocenters. The SMILES string of the molecule is CCn1ncc(CN2CCC(c3nc(N(C)C)ncc3-c3cccc(F)c3)CC2)c1C. The van der Waals surface area contributed by atoms with Crippen molar-refractivity contribution in [2.24, 2.45) is 0 Å². The maximum absolute atomic E-state index is 13.9. The average Bonchev–Trinajstić information content (AvgIpc) is 3.13. The number of halogens is 1. The number of hydrogen-bond acceptors (Lipinski definition) is 5. The lowest BCUT2D eigenvalue weighted by molar-refractivity contribution is 0.203. The van der Waals surface area contributed by atoms with Gasteiger partial charge in [0.05, 0.1) is 11.9 Å². The van der Waals surface area contributed by atoms with Crippen LogP contribution in [0.2, 0.25) is 0 Å². The molecule has 0 N–H and O–H groups in total. The largest absolute Gasteiger partial charge is 0.347 e. The lowest BCUT2D eigenvalue weighted by atomic mass is 9.88. The van der Waals surface area contributed by atoms with Crippen LogP contribution in [0.15, 0.2) is 36.7 Å². The monoisotopic (exact) mass is 422 g/mol. The zero-order chi connectivity index (χ0) is 22.0. The minimum Gasteiger partial charge on any atom is -0.347 e. The number of nitrogens with zero attached hydrogens (tertiary/aromatic N) is 6. The lowest BCUT2D eigenvalue weighted by Crippen LogP contribution is -2.33. The number of benzene rings is 1. The molecule has 0 amide bonds. The van der Waals surface area contributed by atoms with Gasteiger partial charge in [0, 0.05) is 56.1 Å². The van der Waals surface area contributed by atoms with E-state index in [4.69, 9.17) is 4.98 Å². The molecule has 0 saturated carbocycles. The van der Waals surface area contributed by atoms with E-state index in [1.807, 2.05) is 37.5 Å². The van der Waals surface area contributed by atoms with Crippen LogP contribution in [-0.2, 0) is 13.1 Å². The first kappa shape index (κ1) is 21.4. The Bertz CT molecular complexity index is 1040. The number of piperidine rings is 1. The van der Waals surface area contributed by atoms with Crippen LogP contribution in [0, 0.1) is 12.7 Å². The van der Waals surface area contributed by atoms with Gasteiger partial charge in [0.1, 0.15) is 5.82 Å². The van der Waals surface area contributed by atoms with Crippen LogP contribution >= 0.6 is 0 Å². The highest BCUT2D eigenvalue weighted by atomic mass is 19.1. The van der Waals surface area contributed by atoms with Crippen molar-refractivity contribution in [1.82, 2.24) is 24.6 Å². The second kappa shape index (κ2) is 9.14. The van der Waals surface area contributed by atoms with Crippen molar-refractivity contribution < 1.29 is 4.39 Å². The molecule has 0 aliphatic carbocycles. The molecule has 0 bridgehead atoms. The highest BCUT2D eigenvalue weighted by molar-refractivity contribution is 5.66. The third-order valence-corrected chi connectivity index (χ3v) is 6.21. The Kier molecular flexibility index (Phi) is 6.32. The predicted molar refractivity (Wildman–Crippen MR) is 122 cm³/mol. The van der Waals surface area contributed by atoms with Gasteiger partial charge in [-0.2, -0.15) is 5.10 Å². The summed E-state index contributed by atoms with van der Waals surface area (Å²) in [7, 11) is 3.89. The maximum Gasteiger partial charge on any atom is 0.225 e. The number of aromatic nitrogens is 4. The standard InChI is InChI=1S/C24H31FN6/c1-5-31-17(2)20(14-27-31)16-30-11-9-18(10-12-30)23-22(15-26-24(28-23)29(3)4)19-7-6-8-21(25)13-19/h6-8,13-15,18H,5,9-12,16H2,1-4H3. The highest BCUT2D eigenvalue weighted by Gasteiger charge is 2.26. The van der Waals surface area contributed by atoms with Gasteiger partial charge in [-0.25, -0.2) is 14.4 Å². The molecule has 2 aromatic heterocycles. The zero-order valence-electron chi connectivity index (χ0n) is 18.8. The van der Waals surface area contributed by atoms with Crippen LogP contribution in [0.3, 0.4) is 0 Å². The molecule has 1 aliphatic heterocycles. The third-order valence-electron chi connectivity index (χ3n) is 6.21. The van der Waals surface area contributed by atoms with E-state index in [1.165, 1.54) is 17.3 Å². The second-order valence-electron chi connectivity index (χ2n) is 8.50. The van der Waals surface area contributed by atoms with Crippen LogP contribution in [-0.4, -0.2) is 51.8 Å². The summed E-state index contributed by atoms with van der Waals surface area (Å²) in [5, 5.41) is 4.48. The normalized spacial score (nSPS) is 15.4. The molecule has 3 aromatic rings. The summed E-state index contributed by atoms with van der Waals surface area (Å²) in [4.78, 5) is 13.8. The molecular formula is C24H31FN6. The van der Waals surface area contributed by atoms with Crippen LogP contribution in [0.25, 0.3) is 11.1 Å². The van der Waals surface area contributed by atoms with Crippen LogP contribution in [0.1, 0.15) is 42.6 Å². The first-order valence-electron chi connectivity index (χ1n) is 11.0. The number of hydrogen-bond donors (Lipinski definition) is 0. The van der Waals surface area contributed by atoms with Crippen molar-refractivity contribution in [3.05, 3.63) is 59.4 Å². The number of aryl methyl sites for hydroxylation is 1. The molecule has 1 aromatic carbocycles. The number of rotatable bonds is 6. The zero-order valence-corrected chi connectivity index (χ0v) is 18.8.